The number of nitrogens with zero attached hydrogens (tertiary/aromatic N) is 1. The summed E-state index contributed by atoms with van der Waals surface area (Å²) >= 11 is 0. The predicted octanol–water partition coefficient (Wildman–Crippen LogP) is 4.31. The summed E-state index contributed by atoms with van der Waals surface area (Å²) in [5.41, 5.74) is 10.0. The molecule has 1 aliphatic carbocycles. The third-order valence-corrected chi connectivity index (χ3v) is 4.82. The first-order valence-corrected chi connectivity index (χ1v) is 7.99. The maximum atomic E-state index is 6.32. The molecular weight excluding hydrogens is 232 g/mol. The van der Waals surface area contributed by atoms with Gasteiger partial charge >= 0.3 is 0 Å². The van der Waals surface area contributed by atoms with Crippen molar-refractivity contribution in [1.29, 1.82) is 0 Å². The molecule has 2 aliphatic rings. The number of rotatable bonds is 2. The second-order valence-electron chi connectivity index (χ2n) is 6.20. The van der Waals surface area contributed by atoms with Crippen molar-refractivity contribution < 1.29 is 0 Å². The average molecular weight is 258 g/mol. The first-order chi connectivity index (χ1) is 9.34. The molecule has 19 heavy (non-hydrogen) atoms. The van der Waals surface area contributed by atoms with Crippen molar-refractivity contribution in [2.75, 3.05) is 23.7 Å². The number of nitrogens with two attached hydrogens (primary N) is 1. The topological polar surface area (TPSA) is 29.3 Å². The zero-order valence-electron chi connectivity index (χ0n) is 11.9. The SMILES string of the molecule is Nc1cc(C2CCCCC2)ccc1N1CCCCC1. The van der Waals surface area contributed by atoms with Crippen molar-refractivity contribution in [2.24, 2.45) is 0 Å². The van der Waals surface area contributed by atoms with Gasteiger partial charge in [-0.05, 0) is 55.7 Å². The van der Waals surface area contributed by atoms with Crippen LogP contribution in [-0.4, -0.2) is 13.1 Å². The fourth-order valence-electron chi connectivity index (χ4n) is 3.69. The Hall–Kier alpha value is -1.18. The molecule has 3 rings (SSSR count). The van der Waals surface area contributed by atoms with Gasteiger partial charge in [0, 0.05) is 13.1 Å². The van der Waals surface area contributed by atoms with Crippen LogP contribution in [0.15, 0.2) is 18.2 Å². The number of anilines is 2. The Bertz CT molecular complexity index is 415. The van der Waals surface area contributed by atoms with Crippen LogP contribution in [0.25, 0.3) is 0 Å². The van der Waals surface area contributed by atoms with Crippen LogP contribution in [0.5, 0.6) is 0 Å². The summed E-state index contributed by atoms with van der Waals surface area (Å²) in [6, 6.07) is 6.85. The van der Waals surface area contributed by atoms with E-state index in [1.54, 1.807) is 0 Å². The second kappa shape index (κ2) is 5.85. The highest BCUT2D eigenvalue weighted by atomic mass is 15.1. The first-order valence-electron chi connectivity index (χ1n) is 7.99. The summed E-state index contributed by atoms with van der Waals surface area (Å²) < 4.78 is 0. The van der Waals surface area contributed by atoms with Crippen molar-refractivity contribution in [3.05, 3.63) is 23.8 Å². The van der Waals surface area contributed by atoms with Gasteiger partial charge in [-0.3, -0.25) is 0 Å². The van der Waals surface area contributed by atoms with Crippen LogP contribution in [0.1, 0.15) is 62.8 Å². The lowest BCUT2D eigenvalue weighted by atomic mass is 9.84. The number of nitrogen functional groups attached to an aromatic ring is 1. The molecule has 2 fully saturated rings. The summed E-state index contributed by atoms with van der Waals surface area (Å²) in [6.45, 7) is 2.35. The molecule has 0 radical (unpaired) electrons. The van der Waals surface area contributed by atoms with Gasteiger partial charge in [-0.1, -0.05) is 25.3 Å². The molecule has 0 aromatic heterocycles. The third-order valence-electron chi connectivity index (χ3n) is 4.82. The fourth-order valence-corrected chi connectivity index (χ4v) is 3.69. The van der Waals surface area contributed by atoms with Crippen LogP contribution in [0, 0.1) is 0 Å². The molecule has 1 heterocycles. The minimum atomic E-state index is 0.756. The van der Waals surface area contributed by atoms with E-state index < -0.39 is 0 Å². The maximum Gasteiger partial charge on any atom is 0.0600 e. The van der Waals surface area contributed by atoms with Gasteiger partial charge in [-0.25, -0.2) is 0 Å². The molecule has 2 N–H and O–H groups in total. The van der Waals surface area contributed by atoms with E-state index in [1.807, 2.05) is 0 Å². The monoisotopic (exact) mass is 258 g/mol. The summed E-state index contributed by atoms with van der Waals surface area (Å²) in [5.74, 6) is 0.756. The quantitative estimate of drug-likeness (QED) is 0.801. The molecule has 1 saturated heterocycles. The highest BCUT2D eigenvalue weighted by molar-refractivity contribution is 5.68. The van der Waals surface area contributed by atoms with E-state index in [2.05, 4.69) is 23.1 Å². The van der Waals surface area contributed by atoms with Crippen LogP contribution < -0.4 is 10.6 Å². The minimum Gasteiger partial charge on any atom is -0.397 e. The first kappa shape index (κ1) is 12.8. The smallest absolute Gasteiger partial charge is 0.0600 e. The summed E-state index contributed by atoms with van der Waals surface area (Å²) in [5, 5.41) is 0. The Labute approximate surface area is 117 Å². The highest BCUT2D eigenvalue weighted by Gasteiger charge is 2.18. The Morgan fingerprint density at radius 1 is 0.895 bits per heavy atom. The van der Waals surface area contributed by atoms with Gasteiger partial charge in [0.2, 0.25) is 0 Å². The van der Waals surface area contributed by atoms with E-state index in [0.717, 1.165) is 11.6 Å². The van der Waals surface area contributed by atoms with Crippen molar-refractivity contribution in [2.45, 2.75) is 57.3 Å². The molecular formula is C17H26N2. The highest BCUT2D eigenvalue weighted by Crippen LogP contribution is 2.36. The van der Waals surface area contributed by atoms with E-state index in [4.69, 9.17) is 5.73 Å². The van der Waals surface area contributed by atoms with E-state index in [-0.39, 0.29) is 0 Å². The minimum absolute atomic E-state index is 0.756. The molecule has 2 nitrogen and oxygen atoms in total. The molecule has 2 heteroatoms. The average Bonchev–Trinajstić information content (AvgIpc) is 2.49. The van der Waals surface area contributed by atoms with Crippen LogP contribution in [0.2, 0.25) is 0 Å². The largest absolute Gasteiger partial charge is 0.397 e. The van der Waals surface area contributed by atoms with Crippen molar-refractivity contribution >= 4 is 11.4 Å². The van der Waals surface area contributed by atoms with Gasteiger partial charge in [0.1, 0.15) is 0 Å². The van der Waals surface area contributed by atoms with Crippen LogP contribution in [-0.2, 0) is 0 Å². The lowest BCUT2D eigenvalue weighted by molar-refractivity contribution is 0.443. The van der Waals surface area contributed by atoms with Gasteiger partial charge in [0.15, 0.2) is 0 Å². The Kier molecular flexibility index (Phi) is 3.95. The molecule has 0 amide bonds. The van der Waals surface area contributed by atoms with Gasteiger partial charge < -0.3 is 10.6 Å². The summed E-state index contributed by atoms with van der Waals surface area (Å²) in [7, 11) is 0. The van der Waals surface area contributed by atoms with Crippen LogP contribution in [0.4, 0.5) is 11.4 Å². The molecule has 0 spiro atoms. The lowest BCUT2D eigenvalue weighted by Crippen LogP contribution is -2.30. The lowest BCUT2D eigenvalue weighted by Gasteiger charge is -2.30. The molecule has 1 aromatic carbocycles. The Balaban J connectivity index is 1.76. The van der Waals surface area contributed by atoms with Crippen LogP contribution >= 0.6 is 0 Å². The van der Waals surface area contributed by atoms with Crippen molar-refractivity contribution in [3.63, 3.8) is 0 Å². The van der Waals surface area contributed by atoms with Crippen molar-refractivity contribution in [1.82, 2.24) is 0 Å². The predicted molar refractivity (Wildman–Crippen MR) is 82.7 cm³/mol. The van der Waals surface area contributed by atoms with Crippen molar-refractivity contribution in [3.8, 4) is 0 Å². The molecule has 0 unspecified atom stereocenters. The van der Waals surface area contributed by atoms with Gasteiger partial charge in [-0.15, -0.1) is 0 Å². The standard InChI is InChI=1S/C17H26N2/c18-16-13-15(14-7-3-1-4-8-14)9-10-17(16)19-11-5-2-6-12-19/h9-10,13-14H,1-8,11-12,18H2. The van der Waals surface area contributed by atoms with Gasteiger partial charge in [-0.2, -0.15) is 0 Å². The summed E-state index contributed by atoms with van der Waals surface area (Å²) in [4.78, 5) is 2.46. The number of hydrogen-bond donors (Lipinski definition) is 1. The van der Waals surface area contributed by atoms with E-state index in [0.29, 0.717) is 0 Å². The van der Waals surface area contributed by atoms with Gasteiger partial charge in [0.25, 0.3) is 0 Å². The van der Waals surface area contributed by atoms with Gasteiger partial charge in [0.05, 0.1) is 11.4 Å². The molecule has 0 atom stereocenters. The Morgan fingerprint density at radius 3 is 2.26 bits per heavy atom. The van der Waals surface area contributed by atoms with Crippen LogP contribution in [0.3, 0.4) is 0 Å². The molecule has 1 saturated carbocycles. The third kappa shape index (κ3) is 2.88. The zero-order chi connectivity index (χ0) is 13.1. The number of benzene rings is 1. The normalized spacial score (nSPS) is 21.6. The zero-order valence-corrected chi connectivity index (χ0v) is 11.9. The fraction of sp³-hybridized carbons (Fsp3) is 0.647. The molecule has 104 valence electrons. The number of piperidine rings is 1. The van der Waals surface area contributed by atoms with E-state index >= 15 is 0 Å². The molecule has 0 bridgehead atoms. The number of hydrogen-bond acceptors (Lipinski definition) is 2. The Morgan fingerprint density at radius 2 is 1.58 bits per heavy atom. The molecule has 1 aliphatic heterocycles. The van der Waals surface area contributed by atoms with E-state index in [9.17, 15) is 0 Å². The maximum absolute atomic E-state index is 6.32. The molecule has 1 aromatic rings. The summed E-state index contributed by atoms with van der Waals surface area (Å²) in [6.07, 6.45) is 10.9. The second-order valence-corrected chi connectivity index (χ2v) is 6.20. The van der Waals surface area contributed by atoms with E-state index in [1.165, 1.54) is 75.7 Å².